The van der Waals surface area contributed by atoms with E-state index in [1.54, 1.807) is 0 Å². The van der Waals surface area contributed by atoms with Crippen LogP contribution in [-0.2, 0) is 9.59 Å². The minimum Gasteiger partial charge on any atom is -0.481 e. The molecule has 0 radical (unpaired) electrons. The Hall–Kier alpha value is -1.18. The Labute approximate surface area is 101 Å². The van der Waals surface area contributed by atoms with Crippen LogP contribution in [0.3, 0.4) is 0 Å². The second kappa shape index (κ2) is 11.3. The van der Waals surface area contributed by atoms with Crippen LogP contribution in [0, 0.1) is 0 Å². The number of β-amino-alcohol motifs (C(OH)–C–C–N with tert-alkyl or cyclic N) is 1. The summed E-state index contributed by atoms with van der Waals surface area (Å²) in [5, 5.41) is 23.4. The lowest BCUT2D eigenvalue weighted by Gasteiger charge is -2.11. The van der Waals surface area contributed by atoms with Gasteiger partial charge in [-0.1, -0.05) is 0 Å². The Kier molecular flexibility index (Phi) is 12.1. The first-order valence-electron chi connectivity index (χ1n) is 5.27. The van der Waals surface area contributed by atoms with Crippen LogP contribution in [-0.4, -0.2) is 64.4 Å². The molecule has 0 saturated carbocycles. The molecule has 0 unspecified atom stereocenters. The minimum absolute atomic E-state index is 0.257. The first-order valence-corrected chi connectivity index (χ1v) is 5.27. The van der Waals surface area contributed by atoms with Gasteiger partial charge in [0.2, 0.25) is 0 Å². The summed E-state index contributed by atoms with van der Waals surface area (Å²) in [4.78, 5) is 20.2. The van der Waals surface area contributed by atoms with Crippen molar-refractivity contribution in [3.63, 3.8) is 0 Å². The number of nitrogens with zero attached hydrogens (tertiary/aromatic N) is 1. The van der Waals surface area contributed by atoms with E-state index >= 15 is 0 Å². The normalized spacial score (nSPS) is 18.5. The molecule has 1 aliphatic rings. The number of rotatable bonds is 2. The predicted molar refractivity (Wildman–Crippen MR) is 62.7 cm³/mol. The van der Waals surface area contributed by atoms with E-state index < -0.39 is 11.9 Å². The molecule has 1 atom stereocenters. The van der Waals surface area contributed by atoms with E-state index in [2.05, 4.69) is 4.90 Å². The maximum atomic E-state index is 9.00. The van der Waals surface area contributed by atoms with Crippen molar-refractivity contribution in [2.24, 2.45) is 5.73 Å². The van der Waals surface area contributed by atoms with E-state index in [-0.39, 0.29) is 6.61 Å². The van der Waals surface area contributed by atoms with Crippen molar-refractivity contribution in [3.05, 3.63) is 0 Å². The van der Waals surface area contributed by atoms with Crippen molar-refractivity contribution in [2.75, 3.05) is 26.2 Å². The van der Waals surface area contributed by atoms with Crippen molar-refractivity contribution in [1.82, 2.24) is 4.90 Å². The second-order valence-corrected chi connectivity index (χ2v) is 3.61. The monoisotopic (exact) mass is 250 g/mol. The standard InChI is InChI=1S/C6H14N2O.2C2H4O2/c7-6-1-2-8(5-6)3-4-9;2*1-2(3)4/h6,9H,1-5,7H2;2*1H3,(H,3,4)/t6-;;/m0../s1. The maximum Gasteiger partial charge on any atom is 0.300 e. The number of carbonyl (C=O) groups is 2. The highest BCUT2D eigenvalue weighted by Crippen LogP contribution is 2.04. The van der Waals surface area contributed by atoms with Crippen LogP contribution in [0.1, 0.15) is 20.3 Å². The lowest BCUT2D eigenvalue weighted by atomic mass is 10.3. The van der Waals surface area contributed by atoms with E-state index in [1.807, 2.05) is 0 Å². The molecule has 0 bridgehead atoms. The van der Waals surface area contributed by atoms with Gasteiger partial charge >= 0.3 is 0 Å². The number of aliphatic hydroxyl groups excluding tert-OH is 1. The van der Waals surface area contributed by atoms with Crippen LogP contribution in [0.2, 0.25) is 0 Å². The molecule has 0 aromatic heterocycles. The fourth-order valence-electron chi connectivity index (χ4n) is 1.21. The number of likely N-dealkylation sites (tertiary alicyclic amines) is 1. The summed E-state index contributed by atoms with van der Waals surface area (Å²) in [5.41, 5.74) is 5.63. The van der Waals surface area contributed by atoms with Gasteiger partial charge in [-0.05, 0) is 13.0 Å². The Bertz CT molecular complexity index is 201. The topological polar surface area (TPSA) is 124 Å². The SMILES string of the molecule is CC(=O)O.CC(=O)O.N[C@H]1CCN(CCO)C1. The van der Waals surface area contributed by atoms with Gasteiger partial charge in [0, 0.05) is 33.0 Å². The molecule has 7 heteroatoms. The maximum absolute atomic E-state index is 9.00. The molecular formula is C10H22N2O5. The number of aliphatic carboxylic acids is 2. The molecule has 1 fully saturated rings. The van der Waals surface area contributed by atoms with Gasteiger partial charge in [0.1, 0.15) is 0 Å². The third kappa shape index (κ3) is 20.8. The highest BCUT2D eigenvalue weighted by Gasteiger charge is 2.17. The fourth-order valence-corrected chi connectivity index (χ4v) is 1.21. The van der Waals surface area contributed by atoms with Crippen LogP contribution in [0.15, 0.2) is 0 Å². The van der Waals surface area contributed by atoms with Crippen LogP contribution >= 0.6 is 0 Å². The van der Waals surface area contributed by atoms with Gasteiger partial charge in [-0.2, -0.15) is 0 Å². The predicted octanol–water partition coefficient (Wildman–Crippen LogP) is -0.806. The summed E-state index contributed by atoms with van der Waals surface area (Å²) in [7, 11) is 0. The molecular weight excluding hydrogens is 228 g/mol. The van der Waals surface area contributed by atoms with Gasteiger partial charge in [0.25, 0.3) is 11.9 Å². The lowest BCUT2D eigenvalue weighted by Crippen LogP contribution is -2.28. The van der Waals surface area contributed by atoms with Crippen molar-refractivity contribution in [2.45, 2.75) is 26.3 Å². The zero-order chi connectivity index (χ0) is 13.8. The van der Waals surface area contributed by atoms with Crippen LogP contribution < -0.4 is 5.73 Å². The molecule has 7 nitrogen and oxygen atoms in total. The molecule has 1 aliphatic heterocycles. The van der Waals surface area contributed by atoms with Crippen LogP contribution in [0.25, 0.3) is 0 Å². The van der Waals surface area contributed by atoms with Crippen LogP contribution in [0.4, 0.5) is 0 Å². The summed E-state index contributed by atoms with van der Waals surface area (Å²) in [6.07, 6.45) is 1.08. The van der Waals surface area contributed by atoms with E-state index in [1.165, 1.54) is 0 Å². The minimum atomic E-state index is -0.833. The second-order valence-electron chi connectivity index (χ2n) is 3.61. The highest BCUT2D eigenvalue weighted by atomic mass is 16.4. The number of nitrogens with two attached hydrogens (primary N) is 1. The van der Waals surface area contributed by atoms with Gasteiger partial charge in [0.15, 0.2) is 0 Å². The number of carboxylic acids is 2. The van der Waals surface area contributed by atoms with Crippen molar-refractivity contribution in [3.8, 4) is 0 Å². The molecule has 17 heavy (non-hydrogen) atoms. The summed E-state index contributed by atoms with van der Waals surface area (Å²) in [5.74, 6) is -1.67. The highest BCUT2D eigenvalue weighted by molar-refractivity contribution is 5.63. The molecule has 0 aliphatic carbocycles. The Balaban J connectivity index is 0. The quantitative estimate of drug-likeness (QED) is 0.505. The number of hydrogen-bond donors (Lipinski definition) is 4. The van der Waals surface area contributed by atoms with E-state index in [4.69, 9.17) is 30.6 Å². The summed E-state index contributed by atoms with van der Waals surface area (Å²) in [6, 6.07) is 0.344. The van der Waals surface area contributed by atoms with Crippen molar-refractivity contribution in [1.29, 1.82) is 0 Å². The molecule has 0 amide bonds. The van der Waals surface area contributed by atoms with Gasteiger partial charge in [-0.15, -0.1) is 0 Å². The molecule has 0 aromatic carbocycles. The average molecular weight is 250 g/mol. The zero-order valence-electron chi connectivity index (χ0n) is 10.3. The Morgan fingerprint density at radius 1 is 1.29 bits per heavy atom. The molecule has 5 N–H and O–H groups in total. The molecule has 0 aromatic rings. The van der Waals surface area contributed by atoms with Crippen LogP contribution in [0.5, 0.6) is 0 Å². The molecule has 102 valence electrons. The molecule has 1 heterocycles. The van der Waals surface area contributed by atoms with E-state index in [0.717, 1.165) is 39.9 Å². The third-order valence-corrected chi connectivity index (χ3v) is 1.73. The molecule has 1 saturated heterocycles. The zero-order valence-corrected chi connectivity index (χ0v) is 10.3. The number of hydrogen-bond acceptors (Lipinski definition) is 5. The van der Waals surface area contributed by atoms with E-state index in [9.17, 15) is 0 Å². The Morgan fingerprint density at radius 3 is 1.94 bits per heavy atom. The number of carboxylic acid groups (broad SMARTS) is 2. The lowest BCUT2D eigenvalue weighted by molar-refractivity contribution is -0.135. The Morgan fingerprint density at radius 2 is 1.71 bits per heavy atom. The van der Waals surface area contributed by atoms with Crippen molar-refractivity contribution < 1.29 is 24.9 Å². The molecule has 1 rings (SSSR count). The van der Waals surface area contributed by atoms with E-state index in [0.29, 0.717) is 6.04 Å². The summed E-state index contributed by atoms with van der Waals surface area (Å²) in [6.45, 7) is 5.22. The summed E-state index contributed by atoms with van der Waals surface area (Å²) < 4.78 is 0. The van der Waals surface area contributed by atoms with Gasteiger partial charge in [-0.3, -0.25) is 14.5 Å². The van der Waals surface area contributed by atoms with Gasteiger partial charge < -0.3 is 21.1 Å². The molecule has 0 spiro atoms. The first kappa shape index (κ1) is 18.2. The fraction of sp³-hybridized carbons (Fsp3) is 0.800. The first-order chi connectivity index (χ1) is 7.79. The third-order valence-electron chi connectivity index (χ3n) is 1.73. The largest absolute Gasteiger partial charge is 0.481 e. The van der Waals surface area contributed by atoms with Crippen molar-refractivity contribution >= 4 is 11.9 Å². The number of aliphatic hydroxyl groups is 1. The van der Waals surface area contributed by atoms with Gasteiger partial charge in [-0.25, -0.2) is 0 Å². The van der Waals surface area contributed by atoms with Gasteiger partial charge in [0.05, 0.1) is 6.61 Å². The average Bonchev–Trinajstić information content (AvgIpc) is 2.49. The smallest absolute Gasteiger partial charge is 0.300 e. The summed E-state index contributed by atoms with van der Waals surface area (Å²) >= 11 is 0.